The number of hydrogen-bond acceptors (Lipinski definition) is 5. The molecule has 1 rings (SSSR count). The molecule has 6 nitrogen and oxygen atoms in total. The second kappa shape index (κ2) is 5.59. The molecule has 1 aromatic rings. The van der Waals surface area contributed by atoms with Gasteiger partial charge >= 0.3 is 6.09 Å². The maximum atomic E-state index is 11.3. The number of phenols is 2. The van der Waals surface area contributed by atoms with Gasteiger partial charge in [0.15, 0.2) is 11.5 Å². The van der Waals surface area contributed by atoms with Crippen LogP contribution < -0.4 is 10.9 Å². The van der Waals surface area contributed by atoms with Gasteiger partial charge in [-0.05, 0) is 26.8 Å². The van der Waals surface area contributed by atoms with Gasteiger partial charge in [0.05, 0.1) is 0 Å². The van der Waals surface area contributed by atoms with Gasteiger partial charge in [0.25, 0.3) is 0 Å². The monoisotopic (exact) mass is 254 g/mol. The van der Waals surface area contributed by atoms with Gasteiger partial charge in [0, 0.05) is 12.1 Å². The Morgan fingerprint density at radius 2 is 2.00 bits per heavy atom. The Labute approximate surface area is 106 Å². The van der Waals surface area contributed by atoms with Crippen molar-refractivity contribution in [3.8, 4) is 11.5 Å². The van der Waals surface area contributed by atoms with Crippen molar-refractivity contribution in [3.63, 3.8) is 0 Å². The van der Waals surface area contributed by atoms with E-state index in [9.17, 15) is 15.0 Å². The number of hydrogen-bond donors (Lipinski definition) is 4. The first-order valence-electron chi connectivity index (χ1n) is 5.51. The quantitative estimate of drug-likeness (QED) is 0.486. The van der Waals surface area contributed by atoms with E-state index in [1.165, 1.54) is 6.07 Å². The molecule has 0 aliphatic carbocycles. The van der Waals surface area contributed by atoms with E-state index in [0.717, 1.165) is 0 Å². The lowest BCUT2D eigenvalue weighted by atomic mass is 10.2. The average molecular weight is 254 g/mol. The van der Waals surface area contributed by atoms with E-state index < -0.39 is 11.7 Å². The lowest BCUT2D eigenvalue weighted by Crippen LogP contribution is -2.40. The molecular formula is C12H18N2O4. The van der Waals surface area contributed by atoms with Crippen LogP contribution >= 0.6 is 0 Å². The van der Waals surface area contributed by atoms with Crippen LogP contribution in [0.2, 0.25) is 0 Å². The van der Waals surface area contributed by atoms with E-state index in [1.54, 1.807) is 32.9 Å². The number of rotatable bonds is 3. The summed E-state index contributed by atoms with van der Waals surface area (Å²) >= 11 is 0. The molecule has 0 saturated carbocycles. The molecule has 0 saturated heterocycles. The zero-order valence-electron chi connectivity index (χ0n) is 10.7. The number of ether oxygens (including phenoxy) is 1. The minimum atomic E-state index is -0.609. The number of amides is 1. The summed E-state index contributed by atoms with van der Waals surface area (Å²) in [5.74, 6) is -0.414. The number of carbonyl (C=O) groups excluding carboxylic acids is 1. The van der Waals surface area contributed by atoms with Crippen molar-refractivity contribution < 1.29 is 19.7 Å². The number of para-hydroxylation sites is 1. The van der Waals surface area contributed by atoms with Crippen LogP contribution in [-0.2, 0) is 11.3 Å². The van der Waals surface area contributed by atoms with Crippen molar-refractivity contribution in [2.24, 2.45) is 0 Å². The molecule has 0 unspecified atom stereocenters. The largest absolute Gasteiger partial charge is 0.504 e. The highest BCUT2D eigenvalue weighted by molar-refractivity contribution is 5.67. The lowest BCUT2D eigenvalue weighted by Gasteiger charge is -2.19. The van der Waals surface area contributed by atoms with Crippen molar-refractivity contribution >= 4 is 6.09 Å². The summed E-state index contributed by atoms with van der Waals surface area (Å²) in [5, 5.41) is 18.8. The third-order valence-corrected chi connectivity index (χ3v) is 1.97. The molecule has 6 heteroatoms. The Bertz CT molecular complexity index is 427. The Balaban J connectivity index is 2.43. The minimum Gasteiger partial charge on any atom is -0.504 e. The van der Waals surface area contributed by atoms with Crippen LogP contribution in [0, 0.1) is 0 Å². The van der Waals surface area contributed by atoms with E-state index in [1.807, 2.05) is 0 Å². The normalized spacial score (nSPS) is 11.1. The molecule has 4 N–H and O–H groups in total. The number of phenolic OH excluding ortho intramolecular Hbond substituents is 2. The lowest BCUT2D eigenvalue weighted by molar-refractivity contribution is 0.0496. The highest BCUT2D eigenvalue weighted by Crippen LogP contribution is 2.27. The number of hydrazine groups is 1. The molecule has 0 atom stereocenters. The van der Waals surface area contributed by atoms with E-state index in [-0.39, 0.29) is 18.0 Å². The third kappa shape index (κ3) is 4.50. The van der Waals surface area contributed by atoms with Crippen LogP contribution in [0.4, 0.5) is 4.79 Å². The number of benzene rings is 1. The van der Waals surface area contributed by atoms with Crippen LogP contribution in [0.15, 0.2) is 18.2 Å². The van der Waals surface area contributed by atoms with Gasteiger partial charge in [0.2, 0.25) is 0 Å². The fourth-order valence-electron chi connectivity index (χ4n) is 1.24. The van der Waals surface area contributed by atoms with Crippen LogP contribution in [0.3, 0.4) is 0 Å². The van der Waals surface area contributed by atoms with E-state index in [4.69, 9.17) is 4.74 Å². The molecule has 0 aliphatic rings. The van der Waals surface area contributed by atoms with Gasteiger partial charge in [-0.2, -0.15) is 0 Å². The molecule has 100 valence electrons. The second-order valence-electron chi connectivity index (χ2n) is 4.77. The first kappa shape index (κ1) is 14.1. The van der Waals surface area contributed by atoms with E-state index in [0.29, 0.717) is 5.56 Å². The van der Waals surface area contributed by atoms with Gasteiger partial charge in [-0.25, -0.2) is 10.2 Å². The molecule has 0 aromatic heterocycles. The molecule has 18 heavy (non-hydrogen) atoms. The summed E-state index contributed by atoms with van der Waals surface area (Å²) < 4.78 is 5.01. The van der Waals surface area contributed by atoms with Crippen LogP contribution in [-0.4, -0.2) is 21.9 Å². The molecule has 0 bridgehead atoms. The Kier molecular flexibility index (Phi) is 4.38. The first-order valence-corrected chi connectivity index (χ1v) is 5.51. The number of aromatic hydroxyl groups is 2. The highest BCUT2D eigenvalue weighted by Gasteiger charge is 2.15. The van der Waals surface area contributed by atoms with Gasteiger partial charge in [-0.1, -0.05) is 12.1 Å². The Morgan fingerprint density at radius 1 is 1.33 bits per heavy atom. The molecule has 1 aromatic carbocycles. The summed E-state index contributed by atoms with van der Waals surface area (Å²) in [7, 11) is 0. The zero-order chi connectivity index (χ0) is 13.8. The molecule has 0 radical (unpaired) electrons. The Morgan fingerprint density at radius 3 is 2.61 bits per heavy atom. The maximum Gasteiger partial charge on any atom is 0.422 e. The molecule has 0 fully saturated rings. The molecule has 0 heterocycles. The predicted molar refractivity (Wildman–Crippen MR) is 66.0 cm³/mol. The maximum absolute atomic E-state index is 11.3. The first-order chi connectivity index (χ1) is 8.29. The van der Waals surface area contributed by atoms with Crippen molar-refractivity contribution in [2.75, 3.05) is 0 Å². The molecule has 0 spiro atoms. The predicted octanol–water partition coefficient (Wildman–Crippen LogP) is 1.63. The summed E-state index contributed by atoms with van der Waals surface area (Å²) in [6.45, 7) is 5.44. The number of carbonyl (C=O) groups is 1. The topological polar surface area (TPSA) is 90.8 Å². The van der Waals surface area contributed by atoms with Gasteiger partial charge in [-0.3, -0.25) is 5.43 Å². The fourth-order valence-corrected chi connectivity index (χ4v) is 1.24. The van der Waals surface area contributed by atoms with Crippen LogP contribution in [0.5, 0.6) is 11.5 Å². The van der Waals surface area contributed by atoms with Gasteiger partial charge in [0.1, 0.15) is 5.60 Å². The van der Waals surface area contributed by atoms with E-state index in [2.05, 4.69) is 10.9 Å². The summed E-state index contributed by atoms with van der Waals surface area (Å²) in [5.41, 5.74) is 4.82. The minimum absolute atomic E-state index is 0.166. The second-order valence-corrected chi connectivity index (χ2v) is 4.77. The SMILES string of the molecule is CC(C)(C)OC(=O)NNCc1cccc(O)c1O. The van der Waals surface area contributed by atoms with Crippen LogP contribution in [0.25, 0.3) is 0 Å². The smallest absolute Gasteiger partial charge is 0.422 e. The molecule has 1 amide bonds. The van der Waals surface area contributed by atoms with Crippen molar-refractivity contribution in [1.82, 2.24) is 10.9 Å². The van der Waals surface area contributed by atoms with E-state index >= 15 is 0 Å². The standard InChI is InChI=1S/C12H18N2O4/c1-12(2,3)18-11(17)14-13-7-8-5-4-6-9(15)10(8)16/h4-6,13,15-16H,7H2,1-3H3,(H,14,17). The molecule has 0 aliphatic heterocycles. The Hall–Kier alpha value is -1.95. The molecular weight excluding hydrogens is 236 g/mol. The highest BCUT2D eigenvalue weighted by atomic mass is 16.6. The average Bonchev–Trinajstić information content (AvgIpc) is 2.21. The summed E-state index contributed by atoms with van der Waals surface area (Å²) in [6, 6.07) is 4.60. The van der Waals surface area contributed by atoms with Crippen molar-refractivity contribution in [2.45, 2.75) is 32.9 Å². The van der Waals surface area contributed by atoms with Crippen molar-refractivity contribution in [1.29, 1.82) is 0 Å². The van der Waals surface area contributed by atoms with Crippen LogP contribution in [0.1, 0.15) is 26.3 Å². The summed E-state index contributed by atoms with van der Waals surface area (Å²) in [6.07, 6.45) is -0.609. The number of nitrogens with one attached hydrogen (secondary N) is 2. The fraction of sp³-hybridized carbons (Fsp3) is 0.417. The zero-order valence-corrected chi connectivity index (χ0v) is 10.7. The van der Waals surface area contributed by atoms with Gasteiger partial charge < -0.3 is 14.9 Å². The summed E-state index contributed by atoms with van der Waals surface area (Å²) in [4.78, 5) is 11.3. The van der Waals surface area contributed by atoms with Crippen molar-refractivity contribution in [3.05, 3.63) is 23.8 Å². The third-order valence-electron chi connectivity index (χ3n) is 1.97. The van der Waals surface area contributed by atoms with Gasteiger partial charge in [-0.15, -0.1) is 0 Å².